The van der Waals surface area contributed by atoms with E-state index in [1.165, 1.54) is 31.2 Å². The Kier molecular flexibility index (Phi) is 4.42. The predicted molar refractivity (Wildman–Crippen MR) is 82.9 cm³/mol. The molecule has 0 fully saturated rings. The van der Waals surface area contributed by atoms with Crippen LogP contribution in [0.25, 0.3) is 0 Å². The lowest BCUT2D eigenvalue weighted by Crippen LogP contribution is -2.11. The van der Waals surface area contributed by atoms with Crippen LogP contribution in [0.1, 0.15) is 68.7 Å². The molecular formula is C17H26S. The van der Waals surface area contributed by atoms with E-state index in [2.05, 4.69) is 52.4 Å². The molecule has 0 saturated carbocycles. The minimum absolute atomic E-state index is 0.661. The maximum Gasteiger partial charge on any atom is 0.0139 e. The molecule has 0 aromatic heterocycles. The van der Waals surface area contributed by atoms with E-state index in [1.807, 2.05) is 0 Å². The van der Waals surface area contributed by atoms with Crippen LogP contribution in [0.15, 0.2) is 11.0 Å². The minimum atomic E-state index is 0.661. The summed E-state index contributed by atoms with van der Waals surface area (Å²) in [5, 5.41) is 0.680. The van der Waals surface area contributed by atoms with Crippen LogP contribution in [0.4, 0.5) is 0 Å². The summed E-state index contributed by atoms with van der Waals surface area (Å²) in [6, 6.07) is 2.46. The first-order chi connectivity index (χ1) is 8.50. The summed E-state index contributed by atoms with van der Waals surface area (Å²) in [5.41, 5.74) is 6.47. The highest BCUT2D eigenvalue weighted by atomic mass is 32.2. The van der Waals surface area contributed by atoms with Crippen LogP contribution < -0.4 is 0 Å². The van der Waals surface area contributed by atoms with Gasteiger partial charge in [0.2, 0.25) is 0 Å². The van der Waals surface area contributed by atoms with Gasteiger partial charge in [-0.25, -0.2) is 0 Å². The highest BCUT2D eigenvalue weighted by Gasteiger charge is 2.21. The van der Waals surface area contributed by atoms with Crippen molar-refractivity contribution < 1.29 is 0 Å². The molecule has 1 aromatic carbocycles. The van der Waals surface area contributed by atoms with Gasteiger partial charge in [-0.05, 0) is 60.8 Å². The third kappa shape index (κ3) is 2.77. The topological polar surface area (TPSA) is 0 Å². The Morgan fingerprint density at radius 1 is 1.00 bits per heavy atom. The summed E-state index contributed by atoms with van der Waals surface area (Å²) in [6.45, 7) is 11.6. The summed E-state index contributed by atoms with van der Waals surface area (Å²) < 4.78 is 0. The van der Waals surface area contributed by atoms with Gasteiger partial charge in [0.1, 0.15) is 0 Å². The molecule has 0 nitrogen and oxygen atoms in total. The van der Waals surface area contributed by atoms with Gasteiger partial charge in [0, 0.05) is 10.1 Å². The number of aryl methyl sites for hydroxylation is 1. The van der Waals surface area contributed by atoms with Crippen molar-refractivity contribution in [3.8, 4) is 0 Å². The Balaban J connectivity index is 2.54. The zero-order valence-electron chi connectivity index (χ0n) is 12.5. The molecule has 1 heteroatoms. The molecule has 0 unspecified atom stereocenters. The molecule has 18 heavy (non-hydrogen) atoms. The van der Waals surface area contributed by atoms with E-state index in [0.29, 0.717) is 11.2 Å². The van der Waals surface area contributed by atoms with Crippen LogP contribution >= 0.6 is 11.8 Å². The van der Waals surface area contributed by atoms with Gasteiger partial charge in [-0.15, -0.1) is 11.8 Å². The summed E-state index contributed by atoms with van der Waals surface area (Å²) >= 11 is 2.06. The standard InChI is InChI=1S/C17H26S/c1-11(2)16-10-13(5)17(18-12(3)4)15-9-7-6-8-14(15)16/h10-12H,6-9H2,1-5H3. The van der Waals surface area contributed by atoms with E-state index >= 15 is 0 Å². The van der Waals surface area contributed by atoms with Gasteiger partial charge in [0.25, 0.3) is 0 Å². The van der Waals surface area contributed by atoms with Crippen LogP contribution in [0.2, 0.25) is 0 Å². The van der Waals surface area contributed by atoms with Crippen molar-refractivity contribution in [2.24, 2.45) is 0 Å². The molecule has 2 rings (SSSR count). The Hall–Kier alpha value is -0.430. The number of fused-ring (bicyclic) bond motifs is 1. The van der Waals surface area contributed by atoms with E-state index in [9.17, 15) is 0 Å². The van der Waals surface area contributed by atoms with E-state index in [0.717, 1.165) is 0 Å². The fourth-order valence-corrected chi connectivity index (χ4v) is 4.10. The SMILES string of the molecule is Cc1cc(C(C)C)c2c(c1SC(C)C)CCCC2. The smallest absolute Gasteiger partial charge is 0.0139 e. The molecule has 1 aromatic rings. The Labute approximate surface area is 117 Å². The van der Waals surface area contributed by atoms with Gasteiger partial charge >= 0.3 is 0 Å². The first-order valence-electron chi connectivity index (χ1n) is 7.32. The number of thioether (sulfide) groups is 1. The van der Waals surface area contributed by atoms with Gasteiger partial charge in [0.15, 0.2) is 0 Å². The second-order valence-electron chi connectivity index (χ2n) is 6.10. The van der Waals surface area contributed by atoms with Gasteiger partial charge in [-0.2, -0.15) is 0 Å². The molecule has 1 aliphatic rings. The minimum Gasteiger partial charge on any atom is -0.123 e. The lowest BCUT2D eigenvalue weighted by molar-refractivity contribution is 0.658. The highest BCUT2D eigenvalue weighted by molar-refractivity contribution is 8.00. The van der Waals surface area contributed by atoms with Crippen molar-refractivity contribution in [1.82, 2.24) is 0 Å². The fourth-order valence-electron chi connectivity index (χ4n) is 3.01. The number of benzene rings is 1. The monoisotopic (exact) mass is 262 g/mol. The average molecular weight is 262 g/mol. The summed E-state index contributed by atoms with van der Waals surface area (Å²) in [7, 11) is 0. The molecule has 0 N–H and O–H groups in total. The quantitative estimate of drug-likeness (QED) is 0.648. The molecular weight excluding hydrogens is 236 g/mol. The molecule has 0 bridgehead atoms. The van der Waals surface area contributed by atoms with Crippen molar-refractivity contribution >= 4 is 11.8 Å². The average Bonchev–Trinajstić information content (AvgIpc) is 2.31. The second kappa shape index (κ2) is 5.69. The highest BCUT2D eigenvalue weighted by Crippen LogP contribution is 2.39. The van der Waals surface area contributed by atoms with Crippen molar-refractivity contribution in [3.05, 3.63) is 28.3 Å². The maximum atomic E-state index is 2.46. The van der Waals surface area contributed by atoms with Gasteiger partial charge in [-0.3, -0.25) is 0 Å². The first kappa shape index (κ1) is 14.0. The molecule has 1 aliphatic carbocycles. The summed E-state index contributed by atoms with van der Waals surface area (Å²) in [4.78, 5) is 1.59. The summed E-state index contributed by atoms with van der Waals surface area (Å²) in [6.07, 6.45) is 5.35. The fraction of sp³-hybridized carbons (Fsp3) is 0.647. The van der Waals surface area contributed by atoms with Crippen LogP contribution in [0, 0.1) is 6.92 Å². The van der Waals surface area contributed by atoms with Gasteiger partial charge in [-0.1, -0.05) is 33.8 Å². The Morgan fingerprint density at radius 3 is 2.17 bits per heavy atom. The van der Waals surface area contributed by atoms with E-state index in [4.69, 9.17) is 0 Å². The number of rotatable bonds is 3. The van der Waals surface area contributed by atoms with Crippen molar-refractivity contribution in [2.75, 3.05) is 0 Å². The molecule has 0 heterocycles. The van der Waals surface area contributed by atoms with Crippen LogP contribution in [-0.2, 0) is 12.8 Å². The van der Waals surface area contributed by atoms with E-state index < -0.39 is 0 Å². The second-order valence-corrected chi connectivity index (χ2v) is 7.68. The third-order valence-electron chi connectivity index (χ3n) is 3.80. The van der Waals surface area contributed by atoms with E-state index in [-0.39, 0.29) is 0 Å². The van der Waals surface area contributed by atoms with E-state index in [1.54, 1.807) is 21.6 Å². The molecule has 0 radical (unpaired) electrons. The lowest BCUT2D eigenvalue weighted by atomic mass is 9.83. The lowest BCUT2D eigenvalue weighted by Gasteiger charge is -2.26. The third-order valence-corrected chi connectivity index (χ3v) is 5.07. The predicted octanol–water partition coefficient (Wildman–Crippen LogP) is 5.50. The number of hydrogen-bond acceptors (Lipinski definition) is 1. The molecule has 0 atom stereocenters. The van der Waals surface area contributed by atoms with Crippen molar-refractivity contribution in [3.63, 3.8) is 0 Å². The molecule has 0 aliphatic heterocycles. The maximum absolute atomic E-state index is 2.46. The molecule has 0 saturated heterocycles. The van der Waals surface area contributed by atoms with Crippen LogP contribution in [-0.4, -0.2) is 5.25 Å². The summed E-state index contributed by atoms with van der Waals surface area (Å²) in [5.74, 6) is 0.661. The zero-order valence-corrected chi connectivity index (χ0v) is 13.3. The molecule has 0 spiro atoms. The van der Waals surface area contributed by atoms with Crippen LogP contribution in [0.3, 0.4) is 0 Å². The Morgan fingerprint density at radius 2 is 1.61 bits per heavy atom. The van der Waals surface area contributed by atoms with Crippen molar-refractivity contribution in [2.45, 2.75) is 76.4 Å². The van der Waals surface area contributed by atoms with Crippen LogP contribution in [0.5, 0.6) is 0 Å². The largest absolute Gasteiger partial charge is 0.123 e. The molecule has 0 amide bonds. The first-order valence-corrected chi connectivity index (χ1v) is 8.20. The number of hydrogen-bond donors (Lipinski definition) is 0. The van der Waals surface area contributed by atoms with Crippen molar-refractivity contribution in [1.29, 1.82) is 0 Å². The normalized spacial score (nSPS) is 15.3. The molecule has 100 valence electrons. The van der Waals surface area contributed by atoms with Gasteiger partial charge in [0.05, 0.1) is 0 Å². The van der Waals surface area contributed by atoms with Gasteiger partial charge < -0.3 is 0 Å². The zero-order chi connectivity index (χ0) is 13.3. The Bertz CT molecular complexity index is 430.